The first-order valence-electron chi connectivity index (χ1n) is 6.36. The van der Waals surface area contributed by atoms with Crippen LogP contribution in [0.2, 0.25) is 0 Å². The molecule has 110 valence electrons. The molecule has 0 bridgehead atoms. The first-order chi connectivity index (χ1) is 9.00. The Bertz CT molecular complexity index is 306. The number of amides is 2. The molecule has 0 aromatic heterocycles. The fourth-order valence-corrected chi connectivity index (χ4v) is 2.59. The van der Waals surface area contributed by atoms with Crippen molar-refractivity contribution in [1.82, 2.24) is 9.80 Å². The number of aliphatic hydroxyl groups excluding tert-OH is 1. The van der Waals surface area contributed by atoms with Crippen molar-refractivity contribution in [3.8, 4) is 0 Å². The van der Waals surface area contributed by atoms with Gasteiger partial charge in [-0.2, -0.15) is 0 Å². The second kappa shape index (κ2) is 8.39. The maximum atomic E-state index is 11.8. The summed E-state index contributed by atoms with van der Waals surface area (Å²) in [6.07, 6.45) is -0.533. The van der Waals surface area contributed by atoms with E-state index in [0.29, 0.717) is 38.6 Å². The summed E-state index contributed by atoms with van der Waals surface area (Å²) in [5, 5.41) is 9.18. The first kappa shape index (κ1) is 16.3. The highest BCUT2D eigenvalue weighted by Gasteiger charge is 2.17. The molecule has 1 saturated heterocycles. The topological polar surface area (TPSA) is 70.1 Å². The maximum absolute atomic E-state index is 11.8. The number of hydrogen-bond donors (Lipinski definition) is 1. The summed E-state index contributed by atoms with van der Waals surface area (Å²) in [6.45, 7) is 4.40. The molecule has 0 saturated carbocycles. The van der Waals surface area contributed by atoms with Crippen LogP contribution in [0, 0.1) is 0 Å². The van der Waals surface area contributed by atoms with Crippen LogP contribution >= 0.6 is 11.8 Å². The SMILES string of the molecule is CC(O)CN(C)C(=O)CSCC(=O)N1CCOCC1. The van der Waals surface area contributed by atoms with E-state index in [0.717, 1.165) is 0 Å². The van der Waals surface area contributed by atoms with E-state index < -0.39 is 6.10 Å². The zero-order valence-corrected chi connectivity index (χ0v) is 12.3. The number of ether oxygens (including phenoxy) is 1. The minimum Gasteiger partial charge on any atom is -0.392 e. The lowest BCUT2D eigenvalue weighted by Gasteiger charge is -2.26. The Morgan fingerprint density at radius 3 is 2.58 bits per heavy atom. The Morgan fingerprint density at radius 1 is 1.37 bits per heavy atom. The Morgan fingerprint density at radius 2 is 2.00 bits per heavy atom. The summed E-state index contributed by atoms with van der Waals surface area (Å²) < 4.78 is 5.18. The van der Waals surface area contributed by atoms with Gasteiger partial charge in [0, 0.05) is 26.7 Å². The van der Waals surface area contributed by atoms with Crippen LogP contribution in [0.4, 0.5) is 0 Å². The van der Waals surface area contributed by atoms with Gasteiger partial charge < -0.3 is 19.6 Å². The summed E-state index contributed by atoms with van der Waals surface area (Å²) in [7, 11) is 1.65. The molecule has 1 atom stereocenters. The lowest BCUT2D eigenvalue weighted by Crippen LogP contribution is -2.41. The molecule has 1 fully saturated rings. The highest BCUT2D eigenvalue weighted by molar-refractivity contribution is 8.00. The van der Waals surface area contributed by atoms with Gasteiger partial charge in [-0.25, -0.2) is 0 Å². The summed E-state index contributed by atoms with van der Waals surface area (Å²) in [6, 6.07) is 0. The minimum atomic E-state index is -0.533. The van der Waals surface area contributed by atoms with Crippen LogP contribution in [-0.2, 0) is 14.3 Å². The molecule has 1 unspecified atom stereocenters. The number of carbonyl (C=O) groups excluding carboxylic acids is 2. The highest BCUT2D eigenvalue weighted by atomic mass is 32.2. The van der Waals surface area contributed by atoms with Crippen molar-refractivity contribution in [3.05, 3.63) is 0 Å². The molecule has 6 nitrogen and oxygen atoms in total. The summed E-state index contributed by atoms with van der Waals surface area (Å²) in [5.74, 6) is 0.563. The van der Waals surface area contributed by atoms with Gasteiger partial charge in [-0.05, 0) is 6.92 Å². The smallest absolute Gasteiger partial charge is 0.232 e. The van der Waals surface area contributed by atoms with Gasteiger partial charge >= 0.3 is 0 Å². The van der Waals surface area contributed by atoms with Crippen molar-refractivity contribution in [3.63, 3.8) is 0 Å². The lowest BCUT2D eigenvalue weighted by atomic mass is 10.4. The third-order valence-corrected chi connectivity index (χ3v) is 3.68. The molecule has 0 aromatic rings. The number of morpholine rings is 1. The monoisotopic (exact) mass is 290 g/mol. The number of aliphatic hydroxyl groups is 1. The molecule has 19 heavy (non-hydrogen) atoms. The molecule has 1 N–H and O–H groups in total. The molecule has 1 aliphatic rings. The zero-order chi connectivity index (χ0) is 14.3. The molecule has 2 amide bonds. The molecule has 1 aliphatic heterocycles. The van der Waals surface area contributed by atoms with Gasteiger partial charge in [0.05, 0.1) is 30.8 Å². The van der Waals surface area contributed by atoms with E-state index in [1.165, 1.54) is 16.7 Å². The van der Waals surface area contributed by atoms with Gasteiger partial charge in [-0.1, -0.05) is 0 Å². The maximum Gasteiger partial charge on any atom is 0.232 e. The van der Waals surface area contributed by atoms with E-state index in [1.54, 1.807) is 18.9 Å². The average molecular weight is 290 g/mol. The first-order valence-corrected chi connectivity index (χ1v) is 7.51. The molecule has 7 heteroatoms. The van der Waals surface area contributed by atoms with Crippen LogP contribution in [-0.4, -0.2) is 84.2 Å². The number of carbonyl (C=O) groups is 2. The minimum absolute atomic E-state index is 0.0549. The van der Waals surface area contributed by atoms with E-state index in [-0.39, 0.29) is 17.6 Å². The van der Waals surface area contributed by atoms with Crippen molar-refractivity contribution in [1.29, 1.82) is 0 Å². The van der Waals surface area contributed by atoms with Gasteiger partial charge in [-0.3, -0.25) is 9.59 Å². The number of rotatable bonds is 6. The fraction of sp³-hybridized carbons (Fsp3) is 0.833. The molecule has 0 spiro atoms. The van der Waals surface area contributed by atoms with E-state index in [2.05, 4.69) is 0 Å². The molecule has 1 rings (SSSR count). The average Bonchev–Trinajstić information content (AvgIpc) is 2.38. The second-order valence-electron chi connectivity index (χ2n) is 4.61. The third-order valence-electron chi connectivity index (χ3n) is 2.78. The standard InChI is InChI=1S/C12H22N2O4S/c1-10(15)7-13(2)11(16)8-19-9-12(17)14-3-5-18-6-4-14/h10,15H,3-9H2,1-2H3. The van der Waals surface area contributed by atoms with Crippen molar-refractivity contribution in [2.24, 2.45) is 0 Å². The summed E-state index contributed by atoms with van der Waals surface area (Å²) in [5.41, 5.74) is 0. The molecule has 0 aromatic carbocycles. The van der Waals surface area contributed by atoms with Gasteiger partial charge in [0.1, 0.15) is 0 Å². The summed E-state index contributed by atoms with van der Waals surface area (Å²) >= 11 is 1.31. The normalized spacial score (nSPS) is 17.1. The third kappa shape index (κ3) is 6.26. The predicted molar refractivity (Wildman–Crippen MR) is 74.0 cm³/mol. The summed E-state index contributed by atoms with van der Waals surface area (Å²) in [4.78, 5) is 26.7. The molecular formula is C12H22N2O4S. The fourth-order valence-electron chi connectivity index (χ4n) is 1.74. The molecule has 0 aliphatic carbocycles. The van der Waals surface area contributed by atoms with Crippen molar-refractivity contribution < 1.29 is 19.4 Å². The van der Waals surface area contributed by atoms with Crippen LogP contribution in [0.1, 0.15) is 6.92 Å². The van der Waals surface area contributed by atoms with E-state index in [9.17, 15) is 14.7 Å². The van der Waals surface area contributed by atoms with Crippen molar-refractivity contribution >= 4 is 23.6 Å². The largest absolute Gasteiger partial charge is 0.392 e. The van der Waals surface area contributed by atoms with Gasteiger partial charge in [0.15, 0.2) is 0 Å². The number of likely N-dealkylation sites (N-methyl/N-ethyl adjacent to an activating group) is 1. The van der Waals surface area contributed by atoms with Gasteiger partial charge in [0.25, 0.3) is 0 Å². The van der Waals surface area contributed by atoms with Crippen LogP contribution in [0.5, 0.6) is 0 Å². The van der Waals surface area contributed by atoms with Crippen LogP contribution in [0.15, 0.2) is 0 Å². The Labute approximate surface area is 118 Å². The number of nitrogens with zero attached hydrogens (tertiary/aromatic N) is 2. The molecule has 0 radical (unpaired) electrons. The van der Waals surface area contributed by atoms with Gasteiger partial charge in [-0.15, -0.1) is 11.8 Å². The van der Waals surface area contributed by atoms with E-state index in [4.69, 9.17) is 4.74 Å². The Hall–Kier alpha value is -0.790. The molecular weight excluding hydrogens is 268 g/mol. The number of thioether (sulfide) groups is 1. The molecule has 1 heterocycles. The predicted octanol–water partition coefficient (Wildman–Crippen LogP) is -0.582. The van der Waals surface area contributed by atoms with E-state index >= 15 is 0 Å². The van der Waals surface area contributed by atoms with Crippen LogP contribution in [0.3, 0.4) is 0 Å². The van der Waals surface area contributed by atoms with Crippen molar-refractivity contribution in [2.75, 3.05) is 51.4 Å². The van der Waals surface area contributed by atoms with Crippen molar-refractivity contribution in [2.45, 2.75) is 13.0 Å². The Balaban J connectivity index is 2.18. The van der Waals surface area contributed by atoms with Crippen LogP contribution < -0.4 is 0 Å². The van der Waals surface area contributed by atoms with Gasteiger partial charge in [0.2, 0.25) is 11.8 Å². The van der Waals surface area contributed by atoms with Crippen LogP contribution in [0.25, 0.3) is 0 Å². The highest BCUT2D eigenvalue weighted by Crippen LogP contribution is 2.06. The Kier molecular flexibility index (Phi) is 7.19. The quantitative estimate of drug-likeness (QED) is 0.708. The lowest BCUT2D eigenvalue weighted by molar-refractivity contribution is -0.132. The van der Waals surface area contributed by atoms with E-state index in [1.807, 2.05) is 0 Å². The number of hydrogen-bond acceptors (Lipinski definition) is 5. The second-order valence-corrected chi connectivity index (χ2v) is 5.59. The zero-order valence-electron chi connectivity index (χ0n) is 11.5.